The standard InChI is InChI=1S/C22H17ClN4O4/c1-14-4-2-3-5-19(14)22(29)25-17-8-6-15(7-9-17)21(28)26-24-13-16-12-18(27(30)31)10-11-20(16)23/h2-13H,1H3,(H,25,29)(H,26,28)/b24-13+. The largest absolute Gasteiger partial charge is 0.322 e. The number of carbonyl (C=O) groups is 2. The lowest BCUT2D eigenvalue weighted by molar-refractivity contribution is -0.384. The average molecular weight is 437 g/mol. The van der Waals surface area contributed by atoms with Crippen LogP contribution in [0.2, 0.25) is 5.02 Å². The first kappa shape index (κ1) is 21.7. The molecule has 0 aliphatic heterocycles. The molecule has 3 rings (SSSR count). The minimum Gasteiger partial charge on any atom is -0.322 e. The third-order valence-corrected chi connectivity index (χ3v) is 4.70. The minimum atomic E-state index is -0.550. The van der Waals surface area contributed by atoms with Gasteiger partial charge in [-0.05, 0) is 48.9 Å². The number of carbonyl (C=O) groups excluding carboxylic acids is 2. The van der Waals surface area contributed by atoms with Gasteiger partial charge in [-0.2, -0.15) is 5.10 Å². The first-order chi connectivity index (χ1) is 14.8. The fourth-order valence-electron chi connectivity index (χ4n) is 2.70. The summed E-state index contributed by atoms with van der Waals surface area (Å²) in [5.74, 6) is -0.733. The molecule has 2 amide bonds. The van der Waals surface area contributed by atoms with Gasteiger partial charge in [-0.1, -0.05) is 29.8 Å². The molecule has 0 atom stereocenters. The summed E-state index contributed by atoms with van der Waals surface area (Å²) in [7, 11) is 0. The highest BCUT2D eigenvalue weighted by atomic mass is 35.5. The maximum atomic E-state index is 12.4. The van der Waals surface area contributed by atoms with Gasteiger partial charge in [-0.15, -0.1) is 0 Å². The molecular formula is C22H17ClN4O4. The fourth-order valence-corrected chi connectivity index (χ4v) is 2.87. The average Bonchev–Trinajstić information content (AvgIpc) is 2.75. The minimum absolute atomic E-state index is 0.138. The smallest absolute Gasteiger partial charge is 0.271 e. The first-order valence-corrected chi connectivity index (χ1v) is 9.47. The Hall–Kier alpha value is -4.04. The van der Waals surface area contributed by atoms with Crippen molar-refractivity contribution in [2.24, 2.45) is 5.10 Å². The lowest BCUT2D eigenvalue weighted by Gasteiger charge is -2.08. The van der Waals surface area contributed by atoms with Gasteiger partial charge in [0.1, 0.15) is 0 Å². The van der Waals surface area contributed by atoms with Crippen LogP contribution in [-0.4, -0.2) is 23.0 Å². The Labute approximate surface area is 182 Å². The van der Waals surface area contributed by atoms with Gasteiger partial charge in [0.25, 0.3) is 17.5 Å². The van der Waals surface area contributed by atoms with E-state index in [1.54, 1.807) is 36.4 Å². The number of anilines is 1. The van der Waals surface area contributed by atoms with E-state index >= 15 is 0 Å². The number of nitro benzene ring substituents is 1. The molecule has 0 bridgehead atoms. The van der Waals surface area contributed by atoms with E-state index in [1.807, 2.05) is 19.1 Å². The van der Waals surface area contributed by atoms with Gasteiger partial charge in [0, 0.05) is 39.5 Å². The number of nitrogens with zero attached hydrogens (tertiary/aromatic N) is 2. The van der Waals surface area contributed by atoms with Crippen LogP contribution in [0.15, 0.2) is 71.8 Å². The van der Waals surface area contributed by atoms with Crippen LogP contribution < -0.4 is 10.7 Å². The second kappa shape index (κ2) is 9.64. The highest BCUT2D eigenvalue weighted by Crippen LogP contribution is 2.20. The number of aryl methyl sites for hydroxylation is 1. The van der Waals surface area contributed by atoms with Crippen LogP contribution in [-0.2, 0) is 0 Å². The highest BCUT2D eigenvalue weighted by molar-refractivity contribution is 6.33. The molecule has 0 aliphatic carbocycles. The van der Waals surface area contributed by atoms with E-state index in [0.29, 0.717) is 22.4 Å². The van der Waals surface area contributed by atoms with E-state index in [2.05, 4.69) is 15.8 Å². The molecular weight excluding hydrogens is 420 g/mol. The van der Waals surface area contributed by atoms with Crippen LogP contribution in [0.25, 0.3) is 0 Å². The summed E-state index contributed by atoms with van der Waals surface area (Å²) in [4.78, 5) is 34.9. The van der Waals surface area contributed by atoms with Crippen LogP contribution in [0.3, 0.4) is 0 Å². The zero-order valence-corrected chi connectivity index (χ0v) is 17.1. The number of nitrogens with one attached hydrogen (secondary N) is 2. The van der Waals surface area contributed by atoms with Crippen molar-refractivity contribution in [1.82, 2.24) is 5.43 Å². The lowest BCUT2D eigenvalue weighted by atomic mass is 10.1. The molecule has 3 aromatic carbocycles. The van der Waals surface area contributed by atoms with E-state index in [1.165, 1.54) is 24.4 Å². The molecule has 0 aromatic heterocycles. The van der Waals surface area contributed by atoms with Gasteiger partial charge in [-0.25, -0.2) is 5.43 Å². The zero-order valence-electron chi connectivity index (χ0n) is 16.3. The van der Waals surface area contributed by atoms with E-state index in [4.69, 9.17) is 11.6 Å². The van der Waals surface area contributed by atoms with Crippen LogP contribution in [0.4, 0.5) is 11.4 Å². The lowest BCUT2D eigenvalue weighted by Crippen LogP contribution is -2.18. The van der Waals surface area contributed by atoms with E-state index in [-0.39, 0.29) is 16.6 Å². The Bertz CT molecular complexity index is 1180. The van der Waals surface area contributed by atoms with Crippen molar-refractivity contribution in [2.45, 2.75) is 6.92 Å². The summed E-state index contributed by atoms with van der Waals surface area (Å²) in [5, 5.41) is 17.7. The second-order valence-electron chi connectivity index (χ2n) is 6.51. The van der Waals surface area contributed by atoms with E-state index in [9.17, 15) is 19.7 Å². The number of halogens is 1. The Morgan fingerprint density at radius 2 is 1.74 bits per heavy atom. The zero-order chi connectivity index (χ0) is 22.4. The molecule has 0 spiro atoms. The van der Waals surface area contributed by atoms with Gasteiger partial charge >= 0.3 is 0 Å². The molecule has 156 valence electrons. The van der Waals surface area contributed by atoms with Crippen LogP contribution in [0.5, 0.6) is 0 Å². The predicted octanol–water partition coefficient (Wildman–Crippen LogP) is 4.57. The molecule has 9 heteroatoms. The normalized spacial score (nSPS) is 10.6. The van der Waals surface area contributed by atoms with Gasteiger partial charge in [0.15, 0.2) is 0 Å². The number of non-ortho nitro benzene ring substituents is 1. The second-order valence-corrected chi connectivity index (χ2v) is 6.92. The van der Waals surface area contributed by atoms with Crippen molar-refractivity contribution in [3.05, 3.63) is 104 Å². The summed E-state index contributed by atoms with van der Waals surface area (Å²) >= 11 is 5.99. The molecule has 3 aromatic rings. The number of hydrogen-bond acceptors (Lipinski definition) is 5. The first-order valence-electron chi connectivity index (χ1n) is 9.09. The number of hydrogen-bond donors (Lipinski definition) is 2. The molecule has 0 saturated carbocycles. The van der Waals surface area contributed by atoms with Crippen molar-refractivity contribution < 1.29 is 14.5 Å². The van der Waals surface area contributed by atoms with Crippen molar-refractivity contribution in [3.63, 3.8) is 0 Å². The molecule has 8 nitrogen and oxygen atoms in total. The van der Waals surface area contributed by atoms with Crippen molar-refractivity contribution in [2.75, 3.05) is 5.32 Å². The number of amides is 2. The Morgan fingerprint density at radius 1 is 1.03 bits per heavy atom. The monoisotopic (exact) mass is 436 g/mol. The summed E-state index contributed by atoms with van der Waals surface area (Å²) in [6, 6.07) is 17.4. The number of hydrazone groups is 1. The molecule has 0 heterocycles. The maximum Gasteiger partial charge on any atom is 0.271 e. The summed E-state index contributed by atoms with van der Waals surface area (Å²) in [6.45, 7) is 1.85. The molecule has 0 aliphatic rings. The van der Waals surface area contributed by atoms with Crippen molar-refractivity contribution in [1.29, 1.82) is 0 Å². The molecule has 0 radical (unpaired) electrons. The quantitative estimate of drug-likeness (QED) is 0.334. The molecule has 0 unspecified atom stereocenters. The number of nitro groups is 1. The molecule has 0 saturated heterocycles. The van der Waals surface area contributed by atoms with Crippen LogP contribution in [0, 0.1) is 17.0 Å². The third kappa shape index (κ3) is 5.52. The highest BCUT2D eigenvalue weighted by Gasteiger charge is 2.11. The van der Waals surface area contributed by atoms with Gasteiger partial charge in [0.05, 0.1) is 11.1 Å². The summed E-state index contributed by atoms with van der Waals surface area (Å²) in [6.07, 6.45) is 1.23. The van der Waals surface area contributed by atoms with Gasteiger partial charge in [0.2, 0.25) is 0 Å². The molecule has 0 fully saturated rings. The van der Waals surface area contributed by atoms with E-state index < -0.39 is 10.8 Å². The molecule has 2 N–H and O–H groups in total. The van der Waals surface area contributed by atoms with Gasteiger partial charge in [-0.3, -0.25) is 19.7 Å². The Balaban J connectivity index is 1.62. The molecule has 31 heavy (non-hydrogen) atoms. The van der Waals surface area contributed by atoms with Crippen molar-refractivity contribution in [3.8, 4) is 0 Å². The predicted molar refractivity (Wildman–Crippen MR) is 119 cm³/mol. The summed E-state index contributed by atoms with van der Waals surface area (Å²) in [5.41, 5.74) is 4.77. The van der Waals surface area contributed by atoms with Crippen LogP contribution in [0.1, 0.15) is 31.8 Å². The maximum absolute atomic E-state index is 12.4. The van der Waals surface area contributed by atoms with Crippen LogP contribution >= 0.6 is 11.6 Å². The number of rotatable bonds is 6. The Kier molecular flexibility index (Phi) is 6.74. The number of benzene rings is 3. The van der Waals surface area contributed by atoms with Gasteiger partial charge < -0.3 is 5.32 Å². The van der Waals surface area contributed by atoms with E-state index in [0.717, 1.165) is 5.56 Å². The fraction of sp³-hybridized carbons (Fsp3) is 0.0455. The third-order valence-electron chi connectivity index (χ3n) is 4.35. The van der Waals surface area contributed by atoms with Crippen molar-refractivity contribution >= 4 is 41.0 Å². The topological polar surface area (TPSA) is 114 Å². The SMILES string of the molecule is Cc1ccccc1C(=O)Nc1ccc(C(=O)N/N=C/c2cc([N+](=O)[O-])ccc2Cl)cc1. The Morgan fingerprint density at radius 3 is 2.42 bits per heavy atom. The summed E-state index contributed by atoms with van der Waals surface area (Å²) < 4.78 is 0.